The van der Waals surface area contributed by atoms with Gasteiger partial charge in [0.2, 0.25) is 5.78 Å². The molecule has 0 spiro atoms. The Hall–Kier alpha value is -1.16. The highest BCUT2D eigenvalue weighted by Gasteiger charge is 2.16. The molecule has 0 aromatic carbocycles. The van der Waals surface area contributed by atoms with Crippen molar-refractivity contribution in [2.24, 2.45) is 4.99 Å². The van der Waals surface area contributed by atoms with Crippen LogP contribution in [0.3, 0.4) is 0 Å². The molecule has 58 valence electrons. The highest BCUT2D eigenvalue weighted by Crippen LogP contribution is 2.12. The number of carboxylic acid groups (broad SMARTS) is 1. The summed E-state index contributed by atoms with van der Waals surface area (Å²) in [7, 11) is 0. The zero-order chi connectivity index (χ0) is 8.43. The number of ketones is 1. The minimum atomic E-state index is -1.03. The van der Waals surface area contributed by atoms with Gasteiger partial charge in [-0.2, -0.15) is 0 Å². The average Bonchev–Trinajstić information content (AvgIpc) is 2.10. The van der Waals surface area contributed by atoms with Crippen LogP contribution in [-0.4, -0.2) is 22.0 Å². The first-order chi connectivity index (χ1) is 5.09. The lowest BCUT2D eigenvalue weighted by atomic mass is 10.3. The number of nitrogens with zero attached hydrogens (tertiary/aromatic N) is 1. The van der Waals surface area contributed by atoms with Gasteiger partial charge in [0.05, 0.1) is 12.1 Å². The first-order valence-electron chi connectivity index (χ1n) is 2.80. The molecule has 0 bridgehead atoms. The number of carbonyl (C=O) groups excluding carboxylic acids is 1. The molecular weight excluding hydrogens is 170 g/mol. The zero-order valence-electron chi connectivity index (χ0n) is 5.37. The molecule has 0 unspecified atom stereocenters. The summed E-state index contributed by atoms with van der Waals surface area (Å²) in [6.45, 7) is 0. The number of hydrogen-bond acceptors (Lipinski definition) is 3. The molecule has 0 aromatic rings. The lowest BCUT2D eigenvalue weighted by Crippen LogP contribution is -1.96. The van der Waals surface area contributed by atoms with Crippen LogP contribution in [-0.2, 0) is 9.59 Å². The van der Waals surface area contributed by atoms with E-state index in [9.17, 15) is 9.59 Å². The predicted octanol–water partition coefficient (Wildman–Crippen LogP) is 0.565. The lowest BCUT2D eigenvalue weighted by molar-refractivity contribution is -0.136. The van der Waals surface area contributed by atoms with Crippen LogP contribution in [0.5, 0.6) is 0 Å². The van der Waals surface area contributed by atoms with E-state index in [4.69, 9.17) is 16.7 Å². The molecule has 0 aromatic heterocycles. The molecule has 1 aliphatic heterocycles. The molecule has 1 N–H and O–H groups in total. The topological polar surface area (TPSA) is 66.7 Å². The molecule has 1 aliphatic rings. The van der Waals surface area contributed by atoms with Crippen molar-refractivity contribution in [1.82, 2.24) is 0 Å². The quantitative estimate of drug-likeness (QED) is 0.664. The summed E-state index contributed by atoms with van der Waals surface area (Å²) >= 11 is 5.30. The molecule has 0 atom stereocenters. The van der Waals surface area contributed by atoms with Gasteiger partial charge >= 0.3 is 5.97 Å². The second kappa shape index (κ2) is 2.84. The van der Waals surface area contributed by atoms with E-state index in [2.05, 4.69) is 4.99 Å². The fourth-order valence-corrected chi connectivity index (χ4v) is 0.833. The SMILES string of the molecule is O=C(O)CC1=CC(=O)C(Cl)=N1. The van der Waals surface area contributed by atoms with E-state index in [0.717, 1.165) is 6.08 Å². The molecule has 0 saturated carbocycles. The maximum absolute atomic E-state index is 10.6. The Kier molecular flexibility index (Phi) is 2.05. The Bertz CT molecular complexity index is 280. The second-order valence-corrected chi connectivity index (χ2v) is 2.33. The summed E-state index contributed by atoms with van der Waals surface area (Å²) < 4.78 is 0. The Balaban J connectivity index is 2.71. The predicted molar refractivity (Wildman–Crippen MR) is 38.6 cm³/mol. The van der Waals surface area contributed by atoms with Crippen molar-refractivity contribution in [3.63, 3.8) is 0 Å². The molecule has 0 radical (unpaired) electrons. The van der Waals surface area contributed by atoms with Gasteiger partial charge in [0.25, 0.3) is 0 Å². The van der Waals surface area contributed by atoms with E-state index in [1.165, 1.54) is 0 Å². The van der Waals surface area contributed by atoms with Crippen LogP contribution in [0.25, 0.3) is 0 Å². The average molecular weight is 174 g/mol. The summed E-state index contributed by atoms with van der Waals surface area (Å²) in [6.07, 6.45) is 0.860. The van der Waals surface area contributed by atoms with Crippen LogP contribution in [0.4, 0.5) is 0 Å². The van der Waals surface area contributed by atoms with Gasteiger partial charge in [-0.25, -0.2) is 4.99 Å². The van der Waals surface area contributed by atoms with Gasteiger partial charge in [-0.3, -0.25) is 9.59 Å². The fraction of sp³-hybridized carbons (Fsp3) is 0.167. The third kappa shape index (κ3) is 1.88. The maximum Gasteiger partial charge on any atom is 0.309 e. The number of carboxylic acids is 1. The summed E-state index contributed by atoms with van der Waals surface area (Å²) in [5.74, 6) is -1.46. The van der Waals surface area contributed by atoms with Gasteiger partial charge in [0.1, 0.15) is 0 Å². The van der Waals surface area contributed by atoms with Gasteiger partial charge < -0.3 is 5.11 Å². The van der Waals surface area contributed by atoms with E-state index in [-0.39, 0.29) is 17.3 Å². The van der Waals surface area contributed by atoms with E-state index in [1.54, 1.807) is 0 Å². The molecule has 1 rings (SSSR count). The van der Waals surface area contributed by atoms with Gasteiger partial charge in [0.15, 0.2) is 5.17 Å². The number of carbonyl (C=O) groups is 2. The lowest BCUT2D eigenvalue weighted by Gasteiger charge is -1.88. The van der Waals surface area contributed by atoms with Crippen LogP contribution >= 0.6 is 11.6 Å². The number of aliphatic carboxylic acids is 1. The first kappa shape index (κ1) is 7.94. The maximum atomic E-state index is 10.6. The molecule has 11 heavy (non-hydrogen) atoms. The molecule has 5 heteroatoms. The molecule has 1 heterocycles. The standard InChI is InChI=1S/C6H4ClNO3/c7-6-4(9)1-3(8-6)2-5(10)11/h1H,2H2,(H,10,11). The first-order valence-corrected chi connectivity index (χ1v) is 3.18. The monoisotopic (exact) mass is 173 g/mol. The number of halogens is 1. The van der Waals surface area contributed by atoms with Crippen molar-refractivity contribution >= 4 is 28.5 Å². The van der Waals surface area contributed by atoms with Crippen LogP contribution in [0.2, 0.25) is 0 Å². The van der Waals surface area contributed by atoms with Gasteiger partial charge in [-0.1, -0.05) is 11.6 Å². The van der Waals surface area contributed by atoms with Crippen molar-refractivity contribution in [3.05, 3.63) is 11.8 Å². The summed E-state index contributed by atoms with van der Waals surface area (Å²) in [5.41, 5.74) is 0.201. The Morgan fingerprint density at radius 2 is 2.36 bits per heavy atom. The van der Waals surface area contributed by atoms with Gasteiger partial charge in [-0.05, 0) is 0 Å². The smallest absolute Gasteiger partial charge is 0.309 e. The number of hydrogen-bond donors (Lipinski definition) is 1. The van der Waals surface area contributed by atoms with E-state index in [1.807, 2.05) is 0 Å². The van der Waals surface area contributed by atoms with Crippen molar-refractivity contribution in [3.8, 4) is 0 Å². The van der Waals surface area contributed by atoms with Crippen molar-refractivity contribution < 1.29 is 14.7 Å². The highest BCUT2D eigenvalue weighted by atomic mass is 35.5. The fourth-order valence-electron chi connectivity index (χ4n) is 0.670. The van der Waals surface area contributed by atoms with Crippen molar-refractivity contribution in [2.45, 2.75) is 6.42 Å². The van der Waals surface area contributed by atoms with Crippen molar-refractivity contribution in [1.29, 1.82) is 0 Å². The Labute approximate surface area is 67.2 Å². The Morgan fingerprint density at radius 1 is 1.73 bits per heavy atom. The van der Waals surface area contributed by atoms with Gasteiger partial charge in [0, 0.05) is 6.08 Å². The number of aliphatic imine (C=N–C) groups is 1. The Morgan fingerprint density at radius 3 is 2.73 bits per heavy atom. The van der Waals surface area contributed by atoms with Crippen LogP contribution in [0.15, 0.2) is 16.8 Å². The normalized spacial score (nSPS) is 16.3. The van der Waals surface area contributed by atoms with Crippen LogP contribution in [0, 0.1) is 0 Å². The van der Waals surface area contributed by atoms with Crippen molar-refractivity contribution in [2.75, 3.05) is 0 Å². The van der Waals surface area contributed by atoms with E-state index < -0.39 is 11.8 Å². The van der Waals surface area contributed by atoms with Crippen LogP contribution < -0.4 is 0 Å². The number of rotatable bonds is 2. The highest BCUT2D eigenvalue weighted by molar-refractivity contribution is 6.85. The third-order valence-corrected chi connectivity index (χ3v) is 1.35. The van der Waals surface area contributed by atoms with Crippen LogP contribution in [0.1, 0.15) is 6.42 Å². The minimum Gasteiger partial charge on any atom is -0.481 e. The van der Waals surface area contributed by atoms with E-state index in [0.29, 0.717) is 0 Å². The van der Waals surface area contributed by atoms with Gasteiger partial charge in [-0.15, -0.1) is 0 Å². The molecule has 0 aliphatic carbocycles. The largest absolute Gasteiger partial charge is 0.481 e. The summed E-state index contributed by atoms with van der Waals surface area (Å²) in [5, 5.41) is 8.12. The summed E-state index contributed by atoms with van der Waals surface area (Å²) in [6, 6.07) is 0. The van der Waals surface area contributed by atoms with E-state index >= 15 is 0 Å². The second-order valence-electron chi connectivity index (χ2n) is 1.97. The summed E-state index contributed by atoms with van der Waals surface area (Å²) in [4.78, 5) is 24.3. The minimum absolute atomic E-state index is 0.166. The molecule has 0 saturated heterocycles. The molecule has 0 fully saturated rings. The third-order valence-electron chi connectivity index (χ3n) is 1.08. The molecule has 4 nitrogen and oxygen atoms in total. The zero-order valence-corrected chi connectivity index (χ0v) is 6.13. The molecule has 0 amide bonds. The number of allylic oxidation sites excluding steroid dienone is 1. The molecular formula is C6H4ClNO3.